The van der Waals surface area contributed by atoms with E-state index < -0.39 is 22.0 Å². The van der Waals surface area contributed by atoms with Gasteiger partial charge in [0.15, 0.2) is 0 Å². The molecular formula is C16H14ClFN4O3. The van der Waals surface area contributed by atoms with E-state index in [1.165, 1.54) is 10.7 Å². The fourth-order valence-electron chi connectivity index (χ4n) is 2.95. The zero-order valence-electron chi connectivity index (χ0n) is 13.1. The molecule has 0 unspecified atom stereocenters. The van der Waals surface area contributed by atoms with Crippen molar-refractivity contribution >= 4 is 23.0 Å². The van der Waals surface area contributed by atoms with Crippen LogP contribution in [-0.4, -0.2) is 20.8 Å². The van der Waals surface area contributed by atoms with E-state index in [-0.39, 0.29) is 28.5 Å². The number of halogens is 2. The monoisotopic (exact) mass is 364 g/mol. The summed E-state index contributed by atoms with van der Waals surface area (Å²) in [6, 6.07) is 1.98. The van der Waals surface area contributed by atoms with E-state index in [2.05, 4.69) is 11.2 Å². The van der Waals surface area contributed by atoms with Gasteiger partial charge in [0.25, 0.3) is 11.2 Å². The van der Waals surface area contributed by atoms with Gasteiger partial charge < -0.3 is 5.32 Å². The second kappa shape index (κ2) is 6.61. The smallest absolute Gasteiger partial charge is 0.295 e. The van der Waals surface area contributed by atoms with Gasteiger partial charge in [-0.1, -0.05) is 17.5 Å². The number of hydrogen-bond acceptors (Lipinski definition) is 4. The minimum Gasteiger partial charge on any atom is -0.369 e. The predicted octanol–water partition coefficient (Wildman–Crippen LogP) is 2.86. The molecule has 0 aliphatic carbocycles. The van der Waals surface area contributed by atoms with Crippen LogP contribution in [0.2, 0.25) is 5.15 Å². The van der Waals surface area contributed by atoms with Gasteiger partial charge in [0.1, 0.15) is 16.7 Å². The van der Waals surface area contributed by atoms with Crippen LogP contribution in [0.4, 0.5) is 15.8 Å². The van der Waals surface area contributed by atoms with Gasteiger partial charge in [0, 0.05) is 18.7 Å². The van der Waals surface area contributed by atoms with E-state index in [1.807, 2.05) is 0 Å². The summed E-state index contributed by atoms with van der Waals surface area (Å²) in [6.45, 7) is 1.07. The molecule has 7 nitrogen and oxygen atoms in total. The van der Waals surface area contributed by atoms with Crippen LogP contribution in [0.5, 0.6) is 0 Å². The van der Waals surface area contributed by atoms with Crippen molar-refractivity contribution in [3.8, 4) is 23.5 Å². The van der Waals surface area contributed by atoms with Gasteiger partial charge in [-0.2, -0.15) is 0 Å². The van der Waals surface area contributed by atoms with Gasteiger partial charge in [0.05, 0.1) is 23.1 Å². The van der Waals surface area contributed by atoms with E-state index in [1.54, 1.807) is 4.68 Å². The zero-order chi connectivity index (χ0) is 18.1. The number of terminal acetylenes is 1. The lowest BCUT2D eigenvalue weighted by Crippen LogP contribution is -2.27. The SMILES string of the molecule is C#CCNc1cc(-c2c(Cl)n3n(c2=O)CCCC3)c(F)cc1[N+](=O)[O-]. The summed E-state index contributed by atoms with van der Waals surface area (Å²) in [5.41, 5.74) is -0.935. The number of fused-ring (bicyclic) bond motifs is 1. The first-order valence-corrected chi connectivity index (χ1v) is 7.98. The number of hydrogen-bond donors (Lipinski definition) is 1. The van der Waals surface area contributed by atoms with Crippen molar-refractivity contribution in [3.05, 3.63) is 43.6 Å². The number of nitro groups is 1. The van der Waals surface area contributed by atoms with Crippen LogP contribution in [0.15, 0.2) is 16.9 Å². The molecule has 1 aliphatic rings. The Morgan fingerprint density at radius 3 is 2.64 bits per heavy atom. The highest BCUT2D eigenvalue weighted by Gasteiger charge is 2.27. The molecule has 0 amide bonds. The second-order valence-corrected chi connectivity index (χ2v) is 5.95. The summed E-state index contributed by atoms with van der Waals surface area (Å²) in [4.78, 5) is 23.0. The molecule has 9 heteroatoms. The van der Waals surface area contributed by atoms with Crippen LogP contribution in [0.3, 0.4) is 0 Å². The number of nitro benzene ring substituents is 1. The van der Waals surface area contributed by atoms with Crippen molar-refractivity contribution < 1.29 is 9.31 Å². The van der Waals surface area contributed by atoms with E-state index >= 15 is 0 Å². The highest BCUT2D eigenvalue weighted by molar-refractivity contribution is 6.32. The molecule has 0 spiro atoms. The van der Waals surface area contributed by atoms with Gasteiger partial charge in [-0.05, 0) is 18.9 Å². The third-order valence-electron chi connectivity index (χ3n) is 4.09. The summed E-state index contributed by atoms with van der Waals surface area (Å²) in [5, 5.41) is 13.9. The standard InChI is InChI=1S/C16H14ClFN4O3/c1-2-5-19-12-8-10(11(18)9-13(12)22(24)25)14-15(17)20-6-3-4-7-21(20)16(14)23/h1,8-9,19H,3-7H2. The van der Waals surface area contributed by atoms with Crippen LogP contribution < -0.4 is 10.9 Å². The molecule has 1 aromatic heterocycles. The van der Waals surface area contributed by atoms with E-state index in [9.17, 15) is 19.3 Å². The largest absolute Gasteiger partial charge is 0.369 e. The minimum atomic E-state index is -0.888. The van der Waals surface area contributed by atoms with E-state index in [4.69, 9.17) is 18.0 Å². The Morgan fingerprint density at radius 1 is 1.36 bits per heavy atom. The van der Waals surface area contributed by atoms with Crippen LogP contribution in [0.1, 0.15) is 12.8 Å². The van der Waals surface area contributed by atoms with Crippen molar-refractivity contribution in [1.82, 2.24) is 9.36 Å². The third-order valence-corrected chi connectivity index (χ3v) is 4.48. The summed E-state index contributed by atoms with van der Waals surface area (Å²) in [6.07, 6.45) is 6.86. The van der Waals surface area contributed by atoms with E-state index in [0.29, 0.717) is 13.1 Å². The van der Waals surface area contributed by atoms with Crippen LogP contribution in [0.25, 0.3) is 11.1 Å². The minimum absolute atomic E-state index is 0.000257. The Hall–Kier alpha value is -2.79. The number of aromatic nitrogens is 2. The van der Waals surface area contributed by atoms with E-state index in [0.717, 1.165) is 18.9 Å². The average molecular weight is 365 g/mol. The quantitative estimate of drug-likeness (QED) is 0.514. The van der Waals surface area contributed by atoms with Crippen LogP contribution >= 0.6 is 11.6 Å². The normalized spacial score (nSPS) is 13.2. The maximum Gasteiger partial charge on any atom is 0.295 e. The van der Waals surface area contributed by atoms with Crippen molar-refractivity contribution in [2.24, 2.45) is 0 Å². The number of rotatable bonds is 4. The highest BCUT2D eigenvalue weighted by atomic mass is 35.5. The lowest BCUT2D eigenvalue weighted by molar-refractivity contribution is -0.384. The molecule has 130 valence electrons. The fourth-order valence-corrected chi connectivity index (χ4v) is 3.30. The zero-order valence-corrected chi connectivity index (χ0v) is 13.8. The number of nitrogens with zero attached hydrogens (tertiary/aromatic N) is 3. The van der Waals surface area contributed by atoms with Gasteiger partial charge in [-0.25, -0.2) is 9.07 Å². The number of benzene rings is 1. The Balaban J connectivity index is 2.21. The van der Waals surface area contributed by atoms with Gasteiger partial charge >= 0.3 is 0 Å². The molecule has 0 fully saturated rings. The summed E-state index contributed by atoms with van der Waals surface area (Å²) in [7, 11) is 0. The second-order valence-electron chi connectivity index (χ2n) is 5.59. The van der Waals surface area contributed by atoms with Crippen LogP contribution in [0, 0.1) is 28.3 Å². The molecule has 0 saturated carbocycles. The topological polar surface area (TPSA) is 82.1 Å². The Bertz CT molecular complexity index is 958. The average Bonchev–Trinajstić information content (AvgIpc) is 2.85. The molecule has 3 rings (SSSR count). The first kappa shape index (κ1) is 17.0. The van der Waals surface area contributed by atoms with Crippen molar-refractivity contribution in [2.45, 2.75) is 25.9 Å². The first-order valence-electron chi connectivity index (χ1n) is 7.60. The van der Waals surface area contributed by atoms with Crippen molar-refractivity contribution in [2.75, 3.05) is 11.9 Å². The maximum atomic E-state index is 14.5. The Kier molecular flexibility index (Phi) is 4.51. The number of anilines is 1. The van der Waals surface area contributed by atoms with Gasteiger partial charge in [-0.15, -0.1) is 6.42 Å². The molecule has 1 aromatic carbocycles. The fraction of sp³-hybridized carbons (Fsp3) is 0.312. The van der Waals surface area contributed by atoms with Gasteiger partial charge in [0.2, 0.25) is 0 Å². The molecule has 2 aromatic rings. The lowest BCUT2D eigenvalue weighted by Gasteiger charge is -2.17. The number of nitrogens with one attached hydrogen (secondary N) is 1. The molecular weight excluding hydrogens is 351 g/mol. The molecule has 25 heavy (non-hydrogen) atoms. The third kappa shape index (κ3) is 2.87. The van der Waals surface area contributed by atoms with Crippen LogP contribution in [-0.2, 0) is 13.1 Å². The molecule has 0 atom stereocenters. The van der Waals surface area contributed by atoms with Crippen molar-refractivity contribution in [1.29, 1.82) is 0 Å². The van der Waals surface area contributed by atoms with Crippen molar-refractivity contribution in [3.63, 3.8) is 0 Å². The molecule has 1 aliphatic heterocycles. The Morgan fingerprint density at radius 2 is 2.04 bits per heavy atom. The molecule has 0 bridgehead atoms. The Labute approximate surface area is 147 Å². The lowest BCUT2D eigenvalue weighted by atomic mass is 10.1. The molecule has 0 radical (unpaired) electrons. The predicted molar refractivity (Wildman–Crippen MR) is 92.3 cm³/mol. The highest BCUT2D eigenvalue weighted by Crippen LogP contribution is 2.35. The summed E-state index contributed by atoms with van der Waals surface area (Å²) >= 11 is 6.30. The summed E-state index contributed by atoms with van der Waals surface area (Å²) in [5.74, 6) is 1.41. The maximum absolute atomic E-state index is 14.5. The molecule has 2 heterocycles. The molecule has 1 N–H and O–H groups in total. The first-order chi connectivity index (χ1) is 12.0. The van der Waals surface area contributed by atoms with Gasteiger partial charge in [-0.3, -0.25) is 19.6 Å². The molecule has 0 saturated heterocycles. The summed E-state index contributed by atoms with van der Waals surface area (Å²) < 4.78 is 17.6.